The maximum Gasteiger partial charge on any atom is 0.264 e. The number of aryl methyl sites for hydroxylation is 1. The number of nitrogens with zero attached hydrogens (tertiary/aromatic N) is 3. The van der Waals surface area contributed by atoms with Crippen LogP contribution in [0, 0.1) is 0 Å². The Morgan fingerprint density at radius 3 is 2.33 bits per heavy atom. The number of aromatic nitrogens is 2. The number of benzene rings is 3. The van der Waals surface area contributed by atoms with Gasteiger partial charge in [-0.25, -0.2) is 8.42 Å². The standard InChI is InChI=1S/C23H21N3O3S/c1-3-17-11-7-9-15-20(17)26(2)30(27,28)21-16-10-8-14-19(21)23-24-22(25-29-23)18-12-5-4-6-13-18/h4-16H,3H2,1-2H3. The lowest BCUT2D eigenvalue weighted by molar-refractivity contribution is 0.431. The van der Waals surface area contributed by atoms with Crippen LogP contribution in [0.25, 0.3) is 22.8 Å². The summed E-state index contributed by atoms with van der Waals surface area (Å²) in [5, 5.41) is 4.02. The summed E-state index contributed by atoms with van der Waals surface area (Å²) < 4.78 is 33.7. The maximum absolute atomic E-state index is 13.5. The van der Waals surface area contributed by atoms with E-state index in [1.165, 1.54) is 4.31 Å². The van der Waals surface area contributed by atoms with Gasteiger partial charge in [0.05, 0.1) is 11.3 Å². The number of hydrogen-bond acceptors (Lipinski definition) is 5. The number of anilines is 1. The van der Waals surface area contributed by atoms with E-state index in [4.69, 9.17) is 4.52 Å². The minimum atomic E-state index is -3.85. The molecule has 3 aromatic carbocycles. The van der Waals surface area contributed by atoms with E-state index in [0.29, 0.717) is 17.1 Å². The molecular formula is C23H21N3O3S. The van der Waals surface area contributed by atoms with E-state index in [1.807, 2.05) is 55.5 Å². The molecule has 0 aliphatic rings. The summed E-state index contributed by atoms with van der Waals surface area (Å²) in [5.74, 6) is 0.563. The lowest BCUT2D eigenvalue weighted by Gasteiger charge is -2.23. The Bertz CT molecular complexity index is 1270. The zero-order valence-corrected chi connectivity index (χ0v) is 17.5. The third-order valence-electron chi connectivity index (χ3n) is 4.93. The minimum Gasteiger partial charge on any atom is -0.334 e. The van der Waals surface area contributed by atoms with E-state index in [0.717, 1.165) is 17.5 Å². The number of sulfonamides is 1. The Hall–Kier alpha value is -3.45. The van der Waals surface area contributed by atoms with Gasteiger partial charge in [0.25, 0.3) is 15.9 Å². The highest BCUT2D eigenvalue weighted by Crippen LogP contribution is 2.32. The lowest BCUT2D eigenvalue weighted by Crippen LogP contribution is -2.28. The molecule has 0 aliphatic carbocycles. The third-order valence-corrected chi connectivity index (χ3v) is 6.76. The van der Waals surface area contributed by atoms with Gasteiger partial charge in [0.2, 0.25) is 5.82 Å². The second kappa shape index (κ2) is 8.12. The van der Waals surface area contributed by atoms with E-state index in [-0.39, 0.29) is 10.8 Å². The quantitative estimate of drug-likeness (QED) is 0.449. The van der Waals surface area contributed by atoms with Crippen LogP contribution in [-0.2, 0) is 16.4 Å². The fourth-order valence-electron chi connectivity index (χ4n) is 3.30. The predicted molar refractivity (Wildman–Crippen MR) is 117 cm³/mol. The van der Waals surface area contributed by atoms with E-state index >= 15 is 0 Å². The van der Waals surface area contributed by atoms with Crippen molar-refractivity contribution >= 4 is 15.7 Å². The average molecular weight is 420 g/mol. The first-order valence-corrected chi connectivity index (χ1v) is 11.0. The Morgan fingerprint density at radius 1 is 0.900 bits per heavy atom. The lowest BCUT2D eigenvalue weighted by atomic mass is 10.1. The van der Waals surface area contributed by atoms with E-state index in [1.54, 1.807) is 37.4 Å². The van der Waals surface area contributed by atoms with Crippen molar-refractivity contribution in [3.8, 4) is 22.8 Å². The summed E-state index contributed by atoms with van der Waals surface area (Å²) in [5.41, 5.74) is 2.75. The SMILES string of the molecule is CCc1ccccc1N(C)S(=O)(=O)c1ccccc1-c1nc(-c2ccccc2)no1. The van der Waals surface area contributed by atoms with E-state index in [9.17, 15) is 8.42 Å². The number of para-hydroxylation sites is 1. The van der Waals surface area contributed by atoms with Gasteiger partial charge in [0, 0.05) is 12.6 Å². The van der Waals surface area contributed by atoms with Crippen LogP contribution in [0.15, 0.2) is 88.3 Å². The van der Waals surface area contributed by atoms with Crippen molar-refractivity contribution in [2.24, 2.45) is 0 Å². The van der Waals surface area contributed by atoms with E-state index < -0.39 is 10.0 Å². The first-order valence-electron chi connectivity index (χ1n) is 9.57. The van der Waals surface area contributed by atoms with Crippen molar-refractivity contribution in [3.05, 3.63) is 84.4 Å². The maximum atomic E-state index is 13.5. The molecule has 6 nitrogen and oxygen atoms in total. The molecule has 0 radical (unpaired) electrons. The van der Waals surface area contributed by atoms with Gasteiger partial charge in [-0.05, 0) is 30.2 Å². The topological polar surface area (TPSA) is 76.3 Å². The van der Waals surface area contributed by atoms with Crippen LogP contribution in [0.2, 0.25) is 0 Å². The zero-order chi connectivity index (χ0) is 21.1. The van der Waals surface area contributed by atoms with Gasteiger partial charge in [-0.1, -0.05) is 72.7 Å². The molecule has 0 fully saturated rings. The molecule has 7 heteroatoms. The molecule has 0 bridgehead atoms. The number of hydrogen-bond donors (Lipinski definition) is 0. The van der Waals surface area contributed by atoms with Crippen LogP contribution >= 0.6 is 0 Å². The summed E-state index contributed by atoms with van der Waals surface area (Å²) >= 11 is 0. The van der Waals surface area contributed by atoms with Crippen molar-refractivity contribution in [3.63, 3.8) is 0 Å². The van der Waals surface area contributed by atoms with Crippen molar-refractivity contribution in [2.75, 3.05) is 11.4 Å². The molecule has 152 valence electrons. The largest absolute Gasteiger partial charge is 0.334 e. The molecule has 30 heavy (non-hydrogen) atoms. The Balaban J connectivity index is 1.78. The second-order valence-electron chi connectivity index (χ2n) is 6.74. The first kappa shape index (κ1) is 19.8. The smallest absolute Gasteiger partial charge is 0.264 e. The molecule has 0 atom stereocenters. The van der Waals surface area contributed by atoms with E-state index in [2.05, 4.69) is 10.1 Å². The molecule has 1 aromatic heterocycles. The highest BCUT2D eigenvalue weighted by atomic mass is 32.2. The molecule has 0 saturated heterocycles. The van der Waals surface area contributed by atoms with Gasteiger partial charge in [-0.15, -0.1) is 0 Å². The summed E-state index contributed by atoms with van der Waals surface area (Å²) in [4.78, 5) is 4.54. The van der Waals surface area contributed by atoms with Crippen LogP contribution < -0.4 is 4.31 Å². The fraction of sp³-hybridized carbons (Fsp3) is 0.130. The molecule has 0 amide bonds. The van der Waals surface area contributed by atoms with Gasteiger partial charge in [0.15, 0.2) is 0 Å². The average Bonchev–Trinajstić information content (AvgIpc) is 3.29. The number of rotatable bonds is 6. The van der Waals surface area contributed by atoms with Crippen LogP contribution in [0.5, 0.6) is 0 Å². The van der Waals surface area contributed by atoms with Crippen LogP contribution in [0.1, 0.15) is 12.5 Å². The fourth-order valence-corrected chi connectivity index (χ4v) is 4.72. The highest BCUT2D eigenvalue weighted by molar-refractivity contribution is 7.93. The molecular weight excluding hydrogens is 398 g/mol. The molecule has 0 saturated carbocycles. The molecule has 1 heterocycles. The van der Waals surface area contributed by atoms with Gasteiger partial charge >= 0.3 is 0 Å². The molecule has 0 spiro atoms. The Kier molecular flexibility index (Phi) is 5.37. The van der Waals surface area contributed by atoms with Crippen molar-refractivity contribution in [2.45, 2.75) is 18.2 Å². The molecule has 0 aliphatic heterocycles. The summed E-state index contributed by atoms with van der Waals surface area (Å²) in [7, 11) is -2.29. The second-order valence-corrected chi connectivity index (χ2v) is 8.68. The van der Waals surface area contributed by atoms with Crippen LogP contribution in [0.3, 0.4) is 0 Å². The highest BCUT2D eigenvalue weighted by Gasteiger charge is 2.28. The molecule has 4 rings (SSSR count). The van der Waals surface area contributed by atoms with Crippen molar-refractivity contribution in [1.29, 1.82) is 0 Å². The zero-order valence-electron chi connectivity index (χ0n) is 16.7. The monoisotopic (exact) mass is 419 g/mol. The molecule has 0 N–H and O–H groups in total. The van der Waals surface area contributed by atoms with Gasteiger partial charge in [-0.3, -0.25) is 4.31 Å². The summed E-state index contributed by atoms with van der Waals surface area (Å²) in [6.07, 6.45) is 0.724. The molecule has 4 aromatic rings. The first-order chi connectivity index (χ1) is 14.5. The predicted octanol–water partition coefficient (Wildman–Crippen LogP) is 4.79. The minimum absolute atomic E-state index is 0.113. The summed E-state index contributed by atoms with van der Waals surface area (Å²) in [6, 6.07) is 23.5. The molecule has 0 unspecified atom stereocenters. The third kappa shape index (κ3) is 3.59. The van der Waals surface area contributed by atoms with Gasteiger partial charge in [0.1, 0.15) is 4.90 Å². The van der Waals surface area contributed by atoms with Crippen molar-refractivity contribution in [1.82, 2.24) is 10.1 Å². The van der Waals surface area contributed by atoms with Gasteiger partial charge < -0.3 is 4.52 Å². The Labute approximate surface area is 175 Å². The van der Waals surface area contributed by atoms with Crippen LogP contribution in [-0.4, -0.2) is 25.6 Å². The summed E-state index contributed by atoms with van der Waals surface area (Å²) in [6.45, 7) is 2.00. The van der Waals surface area contributed by atoms with Crippen LogP contribution in [0.4, 0.5) is 5.69 Å². The normalized spacial score (nSPS) is 11.4. The Morgan fingerprint density at radius 2 is 1.57 bits per heavy atom. The van der Waals surface area contributed by atoms with Gasteiger partial charge in [-0.2, -0.15) is 4.98 Å². The van der Waals surface area contributed by atoms with Crippen molar-refractivity contribution < 1.29 is 12.9 Å².